The highest BCUT2D eigenvalue weighted by Crippen LogP contribution is 2.31. The first-order valence-electron chi connectivity index (χ1n) is 8.30. The number of aryl methyl sites for hydroxylation is 1. The Hall–Kier alpha value is -1.94. The van der Waals surface area contributed by atoms with Gasteiger partial charge in [-0.25, -0.2) is 4.98 Å². The second kappa shape index (κ2) is 9.71. The predicted octanol–water partition coefficient (Wildman–Crippen LogP) is 6.09. The first-order chi connectivity index (χ1) is 13.8. The van der Waals surface area contributed by atoms with Crippen LogP contribution in [-0.4, -0.2) is 16.0 Å². The van der Waals surface area contributed by atoms with Gasteiger partial charge in [0.15, 0.2) is 5.11 Å². The molecule has 3 aromatic rings. The SMILES string of the molecule is Cc1nc(NC(=S)NC(=O)/C=C/c2ccc(-c3ccc(Cl)cc3Cl)o2)ccc1I. The number of hydrogen-bond acceptors (Lipinski definition) is 4. The van der Waals surface area contributed by atoms with E-state index in [9.17, 15) is 4.79 Å². The van der Waals surface area contributed by atoms with Crippen LogP contribution >= 0.6 is 58.0 Å². The van der Waals surface area contributed by atoms with E-state index in [2.05, 4.69) is 38.2 Å². The van der Waals surface area contributed by atoms with Gasteiger partial charge in [-0.05, 0) is 90.3 Å². The Labute approximate surface area is 196 Å². The zero-order valence-corrected chi connectivity index (χ0v) is 19.5. The molecule has 0 atom stereocenters. The summed E-state index contributed by atoms with van der Waals surface area (Å²) in [5, 5.41) is 6.62. The molecule has 0 unspecified atom stereocenters. The van der Waals surface area contributed by atoms with Gasteiger partial charge in [-0.3, -0.25) is 10.1 Å². The molecule has 2 N–H and O–H groups in total. The minimum absolute atomic E-state index is 0.154. The van der Waals surface area contributed by atoms with Crippen molar-refractivity contribution in [1.29, 1.82) is 0 Å². The maximum absolute atomic E-state index is 12.1. The number of amides is 1. The number of carbonyl (C=O) groups is 1. The second-order valence-corrected chi connectivity index (χ2v) is 8.28. The van der Waals surface area contributed by atoms with E-state index in [-0.39, 0.29) is 5.11 Å². The number of pyridine rings is 1. The number of hydrogen-bond donors (Lipinski definition) is 2. The van der Waals surface area contributed by atoms with E-state index < -0.39 is 5.91 Å². The van der Waals surface area contributed by atoms with Crippen molar-refractivity contribution in [3.05, 3.63) is 73.6 Å². The van der Waals surface area contributed by atoms with Crippen molar-refractivity contribution in [2.45, 2.75) is 6.92 Å². The Morgan fingerprint density at radius 2 is 2.00 bits per heavy atom. The summed E-state index contributed by atoms with van der Waals surface area (Å²) in [5.41, 5.74) is 1.59. The fourth-order valence-electron chi connectivity index (χ4n) is 2.35. The molecule has 0 radical (unpaired) electrons. The molecule has 2 heterocycles. The van der Waals surface area contributed by atoms with Crippen LogP contribution in [0.2, 0.25) is 10.0 Å². The molecule has 0 aliphatic carbocycles. The fraction of sp³-hybridized carbons (Fsp3) is 0.0500. The van der Waals surface area contributed by atoms with E-state index >= 15 is 0 Å². The molecule has 29 heavy (non-hydrogen) atoms. The van der Waals surface area contributed by atoms with E-state index in [1.54, 1.807) is 42.5 Å². The third-order valence-corrected chi connectivity index (χ3v) is 5.61. The Bertz CT molecular complexity index is 1110. The number of rotatable bonds is 4. The van der Waals surface area contributed by atoms with Crippen molar-refractivity contribution in [2.24, 2.45) is 0 Å². The van der Waals surface area contributed by atoms with Gasteiger partial charge in [0, 0.05) is 20.2 Å². The molecule has 0 saturated heterocycles. The standard InChI is InChI=1S/C20H14Cl2IN3O2S/c1-11-16(23)6-8-18(24-11)25-20(29)26-19(27)9-4-13-3-7-17(28-13)14-5-2-12(21)10-15(14)22/h2-10H,1H3,(H2,24,25,26,27,29)/b9-4+. The van der Waals surface area contributed by atoms with Crippen LogP contribution in [-0.2, 0) is 4.79 Å². The third kappa shape index (κ3) is 6.02. The Morgan fingerprint density at radius 3 is 2.72 bits per heavy atom. The van der Waals surface area contributed by atoms with Gasteiger partial charge in [-0.1, -0.05) is 23.2 Å². The topological polar surface area (TPSA) is 67.2 Å². The molecule has 0 aliphatic rings. The summed E-state index contributed by atoms with van der Waals surface area (Å²) in [5.74, 6) is 1.24. The van der Waals surface area contributed by atoms with Crippen molar-refractivity contribution in [2.75, 3.05) is 5.32 Å². The molecular weight excluding hydrogens is 544 g/mol. The van der Waals surface area contributed by atoms with Crippen molar-refractivity contribution >= 4 is 80.9 Å². The van der Waals surface area contributed by atoms with Crippen molar-refractivity contribution < 1.29 is 9.21 Å². The van der Waals surface area contributed by atoms with Gasteiger partial charge in [0.1, 0.15) is 17.3 Å². The molecule has 148 valence electrons. The summed E-state index contributed by atoms with van der Waals surface area (Å²) < 4.78 is 6.76. The molecule has 0 spiro atoms. The first kappa shape index (κ1) is 21.8. The van der Waals surface area contributed by atoms with Crippen LogP contribution in [0, 0.1) is 10.5 Å². The van der Waals surface area contributed by atoms with Crippen LogP contribution in [0.4, 0.5) is 5.82 Å². The van der Waals surface area contributed by atoms with Gasteiger partial charge in [0.2, 0.25) is 5.91 Å². The molecule has 2 aromatic heterocycles. The normalized spacial score (nSPS) is 10.9. The van der Waals surface area contributed by atoms with Crippen LogP contribution in [0.15, 0.2) is 53.0 Å². The zero-order valence-electron chi connectivity index (χ0n) is 15.0. The number of anilines is 1. The molecule has 1 aromatic carbocycles. The maximum atomic E-state index is 12.1. The van der Waals surface area contributed by atoms with Gasteiger partial charge in [0.25, 0.3) is 0 Å². The number of halogens is 3. The number of nitrogens with one attached hydrogen (secondary N) is 2. The summed E-state index contributed by atoms with van der Waals surface area (Å²) in [6.45, 7) is 1.89. The van der Waals surface area contributed by atoms with Gasteiger partial charge in [0.05, 0.1) is 10.7 Å². The van der Waals surface area contributed by atoms with Crippen molar-refractivity contribution in [3.8, 4) is 11.3 Å². The second-order valence-electron chi connectivity index (χ2n) is 5.87. The zero-order chi connectivity index (χ0) is 21.0. The highest BCUT2D eigenvalue weighted by atomic mass is 127. The van der Waals surface area contributed by atoms with Gasteiger partial charge >= 0.3 is 0 Å². The highest BCUT2D eigenvalue weighted by molar-refractivity contribution is 14.1. The van der Waals surface area contributed by atoms with Gasteiger partial charge < -0.3 is 9.73 Å². The lowest BCUT2D eigenvalue weighted by Gasteiger charge is -2.08. The minimum atomic E-state index is -0.396. The summed E-state index contributed by atoms with van der Waals surface area (Å²) in [6, 6.07) is 12.3. The molecular formula is C20H14Cl2IN3O2S. The lowest BCUT2D eigenvalue weighted by Crippen LogP contribution is -2.33. The van der Waals surface area contributed by atoms with Crippen LogP contribution in [0.3, 0.4) is 0 Å². The lowest BCUT2D eigenvalue weighted by molar-refractivity contribution is -0.115. The number of benzene rings is 1. The van der Waals surface area contributed by atoms with Crippen LogP contribution < -0.4 is 10.6 Å². The predicted molar refractivity (Wildman–Crippen MR) is 129 cm³/mol. The number of thiocarbonyl (C=S) groups is 1. The molecule has 1 amide bonds. The van der Waals surface area contributed by atoms with Gasteiger partial charge in [-0.15, -0.1) is 0 Å². The van der Waals surface area contributed by atoms with Gasteiger partial charge in [-0.2, -0.15) is 0 Å². The minimum Gasteiger partial charge on any atom is -0.457 e. The Morgan fingerprint density at radius 1 is 1.21 bits per heavy atom. The largest absolute Gasteiger partial charge is 0.457 e. The number of nitrogens with zero attached hydrogens (tertiary/aromatic N) is 1. The summed E-state index contributed by atoms with van der Waals surface area (Å²) in [6.07, 6.45) is 2.87. The number of carbonyl (C=O) groups excluding carboxylic acids is 1. The molecule has 0 saturated carbocycles. The fourth-order valence-corrected chi connectivity index (χ4v) is 3.36. The smallest absolute Gasteiger partial charge is 0.250 e. The molecule has 5 nitrogen and oxygen atoms in total. The monoisotopic (exact) mass is 557 g/mol. The highest BCUT2D eigenvalue weighted by Gasteiger charge is 2.09. The summed E-state index contributed by atoms with van der Waals surface area (Å²) in [7, 11) is 0. The Balaban J connectivity index is 1.59. The van der Waals surface area contributed by atoms with Crippen LogP contribution in [0.1, 0.15) is 11.5 Å². The third-order valence-electron chi connectivity index (χ3n) is 3.72. The quantitative estimate of drug-likeness (QED) is 0.231. The van der Waals surface area contributed by atoms with E-state index in [0.717, 1.165) is 9.26 Å². The van der Waals surface area contributed by atoms with E-state index in [1.807, 2.05) is 13.0 Å². The molecule has 0 fully saturated rings. The first-order valence-corrected chi connectivity index (χ1v) is 10.5. The molecule has 3 rings (SSSR count). The molecule has 0 aliphatic heterocycles. The summed E-state index contributed by atoms with van der Waals surface area (Å²) >= 11 is 19.4. The Kier molecular flexibility index (Phi) is 7.28. The number of aromatic nitrogens is 1. The molecule has 0 bridgehead atoms. The van der Waals surface area contributed by atoms with E-state index in [1.165, 1.54) is 6.08 Å². The summed E-state index contributed by atoms with van der Waals surface area (Å²) in [4.78, 5) is 16.4. The van der Waals surface area contributed by atoms with Crippen LogP contribution in [0.25, 0.3) is 17.4 Å². The van der Waals surface area contributed by atoms with Crippen molar-refractivity contribution in [1.82, 2.24) is 10.3 Å². The lowest BCUT2D eigenvalue weighted by atomic mass is 10.2. The maximum Gasteiger partial charge on any atom is 0.250 e. The van der Waals surface area contributed by atoms with E-state index in [4.69, 9.17) is 39.8 Å². The number of furan rings is 1. The average molecular weight is 558 g/mol. The van der Waals surface area contributed by atoms with Crippen LogP contribution in [0.5, 0.6) is 0 Å². The van der Waals surface area contributed by atoms with E-state index in [0.29, 0.717) is 32.9 Å². The molecule has 9 heteroatoms. The average Bonchev–Trinajstić information content (AvgIpc) is 3.11. The van der Waals surface area contributed by atoms with Crippen molar-refractivity contribution in [3.63, 3.8) is 0 Å².